The van der Waals surface area contributed by atoms with E-state index in [1.54, 1.807) is 0 Å². The van der Waals surface area contributed by atoms with Crippen LogP contribution >= 0.6 is 0 Å². The topological polar surface area (TPSA) is 53.9 Å². The van der Waals surface area contributed by atoms with Crippen molar-refractivity contribution < 1.29 is 0 Å². The first-order valence-corrected chi connectivity index (χ1v) is 9.47. The second-order valence-corrected chi connectivity index (χ2v) is 7.08. The fourth-order valence-corrected chi connectivity index (χ4v) is 2.69. The Kier molecular flexibility index (Phi) is 6.73. The standard InChI is InChI=1S/C23H27N5/c1-18-4-7-21(25-12-18)15-24-10-11-28(16-22-8-5-19(2)13-26-22)17-23-9-6-20(3)14-27-23/h4-14,24H,15-17H2,1-3H3. The Bertz CT molecular complexity index is 836. The van der Waals surface area contributed by atoms with Gasteiger partial charge in [-0.05, 0) is 55.7 Å². The predicted octanol–water partition coefficient (Wildman–Crippen LogP) is 4.06. The number of aryl methyl sites for hydroxylation is 3. The van der Waals surface area contributed by atoms with E-state index >= 15 is 0 Å². The summed E-state index contributed by atoms with van der Waals surface area (Å²) in [6, 6.07) is 12.4. The third-order valence-corrected chi connectivity index (χ3v) is 4.33. The van der Waals surface area contributed by atoms with Crippen molar-refractivity contribution in [1.29, 1.82) is 0 Å². The molecule has 0 saturated heterocycles. The van der Waals surface area contributed by atoms with Gasteiger partial charge in [-0.25, -0.2) is 0 Å². The van der Waals surface area contributed by atoms with Crippen molar-refractivity contribution in [3.63, 3.8) is 0 Å². The Labute approximate surface area is 167 Å². The highest BCUT2D eigenvalue weighted by atomic mass is 15.1. The fourth-order valence-electron chi connectivity index (χ4n) is 2.69. The maximum absolute atomic E-state index is 4.53. The zero-order chi connectivity index (χ0) is 19.8. The number of rotatable bonds is 8. The van der Waals surface area contributed by atoms with Gasteiger partial charge in [-0.3, -0.25) is 15.0 Å². The first-order valence-electron chi connectivity index (χ1n) is 9.47. The van der Waals surface area contributed by atoms with Gasteiger partial charge in [-0.2, -0.15) is 0 Å². The normalized spacial score (nSPS) is 11.0. The molecular formula is C23H27N5. The molecule has 0 amide bonds. The minimum Gasteiger partial charge on any atom is -0.384 e. The molecule has 144 valence electrons. The first kappa shape index (κ1) is 19.5. The van der Waals surface area contributed by atoms with Crippen LogP contribution in [0.25, 0.3) is 0 Å². The molecular weight excluding hydrogens is 346 g/mol. The van der Waals surface area contributed by atoms with E-state index < -0.39 is 0 Å². The van der Waals surface area contributed by atoms with Crippen LogP contribution in [0.2, 0.25) is 0 Å². The summed E-state index contributed by atoms with van der Waals surface area (Å²) < 4.78 is 0. The van der Waals surface area contributed by atoms with Gasteiger partial charge >= 0.3 is 0 Å². The van der Waals surface area contributed by atoms with Gasteiger partial charge in [0.05, 0.1) is 36.7 Å². The van der Waals surface area contributed by atoms with E-state index in [4.69, 9.17) is 0 Å². The van der Waals surface area contributed by atoms with Crippen LogP contribution < -0.4 is 5.32 Å². The van der Waals surface area contributed by atoms with Crippen LogP contribution in [0.15, 0.2) is 67.4 Å². The molecule has 3 rings (SSSR count). The van der Waals surface area contributed by atoms with E-state index in [-0.39, 0.29) is 0 Å². The van der Waals surface area contributed by atoms with Crippen LogP contribution in [-0.2, 0) is 19.6 Å². The minimum atomic E-state index is 0.691. The molecule has 0 aliphatic rings. The van der Waals surface area contributed by atoms with Crippen LogP contribution in [-0.4, -0.2) is 19.9 Å². The molecule has 0 aliphatic carbocycles. The lowest BCUT2D eigenvalue weighted by atomic mass is 10.2. The van der Waals surface area contributed by atoms with Crippen LogP contribution in [0.3, 0.4) is 0 Å². The first-order chi connectivity index (χ1) is 13.6. The van der Waals surface area contributed by atoms with E-state index in [9.17, 15) is 0 Å². The van der Waals surface area contributed by atoms with Crippen LogP contribution in [0.5, 0.6) is 0 Å². The monoisotopic (exact) mass is 373 g/mol. The quantitative estimate of drug-likeness (QED) is 0.645. The van der Waals surface area contributed by atoms with Gasteiger partial charge in [-0.1, -0.05) is 18.2 Å². The highest BCUT2D eigenvalue weighted by molar-refractivity contribution is 5.15. The van der Waals surface area contributed by atoms with Gasteiger partial charge in [0.15, 0.2) is 0 Å². The molecule has 0 unspecified atom stereocenters. The average molecular weight is 374 g/mol. The molecule has 0 aromatic carbocycles. The molecule has 0 atom stereocenters. The molecule has 5 nitrogen and oxygen atoms in total. The summed E-state index contributed by atoms with van der Waals surface area (Å²) in [5, 5.41) is 3.32. The molecule has 0 aliphatic heterocycles. The minimum absolute atomic E-state index is 0.691. The van der Waals surface area contributed by atoms with E-state index in [1.165, 1.54) is 16.7 Å². The maximum Gasteiger partial charge on any atom is 0.0601 e. The molecule has 0 fully saturated rings. The number of nitrogens with zero attached hydrogens (tertiary/aromatic N) is 4. The molecule has 0 saturated carbocycles. The highest BCUT2D eigenvalue weighted by Gasteiger charge is 2.05. The summed E-state index contributed by atoms with van der Waals surface area (Å²) in [6.45, 7) is 8.27. The molecule has 3 aromatic heterocycles. The summed E-state index contributed by atoms with van der Waals surface area (Å²) in [5.74, 6) is 0. The Morgan fingerprint density at radius 1 is 0.714 bits per heavy atom. The van der Waals surface area contributed by atoms with Gasteiger partial charge in [0.1, 0.15) is 0 Å². The lowest BCUT2D eigenvalue weighted by Crippen LogP contribution is -2.19. The van der Waals surface area contributed by atoms with Gasteiger partial charge in [0, 0.05) is 31.0 Å². The number of hydrogen-bond acceptors (Lipinski definition) is 5. The molecule has 3 aromatic rings. The average Bonchev–Trinajstić information content (AvgIpc) is 2.70. The van der Waals surface area contributed by atoms with Crippen molar-refractivity contribution in [2.75, 3.05) is 0 Å². The molecule has 28 heavy (non-hydrogen) atoms. The number of nitrogens with one attached hydrogen (secondary N) is 1. The SMILES string of the molecule is Cc1ccc(CNC=CN(Cc2ccc(C)cn2)Cc2ccc(C)cn2)nc1. The third kappa shape index (κ3) is 6.20. The molecule has 0 radical (unpaired) electrons. The Morgan fingerprint density at radius 3 is 1.61 bits per heavy atom. The van der Waals surface area contributed by atoms with Crippen molar-refractivity contribution in [2.24, 2.45) is 0 Å². The second-order valence-electron chi connectivity index (χ2n) is 7.08. The van der Waals surface area contributed by atoms with Crippen molar-refractivity contribution in [2.45, 2.75) is 40.4 Å². The number of aromatic nitrogens is 3. The van der Waals surface area contributed by atoms with Crippen molar-refractivity contribution >= 4 is 0 Å². The Balaban J connectivity index is 1.64. The van der Waals surface area contributed by atoms with Crippen LogP contribution in [0.4, 0.5) is 0 Å². The summed E-state index contributed by atoms with van der Waals surface area (Å²) >= 11 is 0. The Morgan fingerprint density at radius 2 is 1.18 bits per heavy atom. The molecule has 0 bridgehead atoms. The van der Waals surface area contributed by atoms with E-state index in [0.29, 0.717) is 6.54 Å². The van der Waals surface area contributed by atoms with E-state index in [1.807, 2.05) is 51.6 Å². The second kappa shape index (κ2) is 9.65. The van der Waals surface area contributed by atoms with Gasteiger partial charge < -0.3 is 10.2 Å². The zero-order valence-corrected chi connectivity index (χ0v) is 16.8. The van der Waals surface area contributed by atoms with Crippen LogP contribution in [0, 0.1) is 20.8 Å². The highest BCUT2D eigenvalue weighted by Crippen LogP contribution is 2.09. The number of pyridine rings is 3. The molecule has 3 heterocycles. The van der Waals surface area contributed by atoms with Gasteiger partial charge in [0.25, 0.3) is 0 Å². The smallest absolute Gasteiger partial charge is 0.0601 e. The van der Waals surface area contributed by atoms with Crippen LogP contribution in [0.1, 0.15) is 33.8 Å². The summed E-state index contributed by atoms with van der Waals surface area (Å²) in [5.41, 5.74) is 6.57. The number of hydrogen-bond donors (Lipinski definition) is 1. The van der Waals surface area contributed by atoms with Gasteiger partial charge in [0.2, 0.25) is 0 Å². The van der Waals surface area contributed by atoms with E-state index in [2.05, 4.69) is 61.7 Å². The molecule has 1 N–H and O–H groups in total. The summed E-state index contributed by atoms with van der Waals surface area (Å²) in [4.78, 5) is 15.7. The van der Waals surface area contributed by atoms with E-state index in [0.717, 1.165) is 30.2 Å². The lowest BCUT2D eigenvalue weighted by molar-refractivity contribution is 0.350. The lowest BCUT2D eigenvalue weighted by Gasteiger charge is -2.20. The summed E-state index contributed by atoms with van der Waals surface area (Å²) in [6.07, 6.45) is 9.71. The van der Waals surface area contributed by atoms with Crippen molar-refractivity contribution in [3.8, 4) is 0 Å². The zero-order valence-electron chi connectivity index (χ0n) is 16.8. The largest absolute Gasteiger partial charge is 0.384 e. The maximum atomic E-state index is 4.53. The van der Waals surface area contributed by atoms with Crippen molar-refractivity contribution in [3.05, 3.63) is 101 Å². The predicted molar refractivity (Wildman–Crippen MR) is 112 cm³/mol. The van der Waals surface area contributed by atoms with Gasteiger partial charge in [-0.15, -0.1) is 0 Å². The Hall–Kier alpha value is -3.21. The summed E-state index contributed by atoms with van der Waals surface area (Å²) in [7, 11) is 0. The third-order valence-electron chi connectivity index (χ3n) is 4.33. The van der Waals surface area contributed by atoms with Crippen molar-refractivity contribution in [1.82, 2.24) is 25.2 Å². The molecule has 5 heteroatoms. The fraction of sp³-hybridized carbons (Fsp3) is 0.261. The molecule has 0 spiro atoms.